The fourth-order valence-corrected chi connectivity index (χ4v) is 4.84. The van der Waals surface area contributed by atoms with Gasteiger partial charge < -0.3 is 4.90 Å². The van der Waals surface area contributed by atoms with Gasteiger partial charge in [0, 0.05) is 58.0 Å². The van der Waals surface area contributed by atoms with E-state index in [-0.39, 0.29) is 17.2 Å². The van der Waals surface area contributed by atoms with Crippen LogP contribution in [0.15, 0.2) is 18.5 Å². The monoisotopic (exact) mass is 371 g/mol. The highest BCUT2D eigenvalue weighted by Gasteiger charge is 2.44. The molecule has 0 N–H and O–H groups in total. The standard InChI is InChI=1S/C20H29N5O2/c26-17-15-20(5-1-2-6-20)16-18(27)25(17)10-4-9-23-11-13-24(14-12-23)19-21-7-3-8-22-19/h3,7-8H,1-2,4-6,9-16H2. The van der Waals surface area contributed by atoms with Crippen molar-refractivity contribution in [3.63, 3.8) is 0 Å². The summed E-state index contributed by atoms with van der Waals surface area (Å²) in [7, 11) is 0. The average Bonchev–Trinajstić information content (AvgIpc) is 3.12. The molecule has 2 aliphatic heterocycles. The number of aromatic nitrogens is 2. The Morgan fingerprint density at radius 3 is 2.15 bits per heavy atom. The van der Waals surface area contributed by atoms with Crippen LogP contribution in [0, 0.1) is 5.41 Å². The second-order valence-corrected chi connectivity index (χ2v) is 8.23. The van der Waals surface area contributed by atoms with Crippen molar-refractivity contribution in [2.24, 2.45) is 5.41 Å². The molecule has 0 unspecified atom stereocenters. The number of piperidine rings is 1. The van der Waals surface area contributed by atoms with Crippen molar-refractivity contribution >= 4 is 17.8 Å². The second-order valence-electron chi connectivity index (χ2n) is 8.23. The van der Waals surface area contributed by atoms with Crippen LogP contribution < -0.4 is 4.90 Å². The second kappa shape index (κ2) is 7.92. The van der Waals surface area contributed by atoms with Gasteiger partial charge in [-0.2, -0.15) is 0 Å². The molecule has 0 atom stereocenters. The summed E-state index contributed by atoms with van der Waals surface area (Å²) in [6, 6.07) is 1.83. The number of amides is 2. The minimum Gasteiger partial charge on any atom is -0.338 e. The van der Waals surface area contributed by atoms with E-state index in [0.717, 1.165) is 57.9 Å². The molecule has 146 valence electrons. The maximum Gasteiger partial charge on any atom is 0.229 e. The van der Waals surface area contributed by atoms with E-state index in [1.807, 2.05) is 6.07 Å². The predicted molar refractivity (Wildman–Crippen MR) is 102 cm³/mol. The van der Waals surface area contributed by atoms with Crippen LogP contribution in [0.2, 0.25) is 0 Å². The largest absolute Gasteiger partial charge is 0.338 e. The van der Waals surface area contributed by atoms with Gasteiger partial charge in [-0.05, 0) is 37.3 Å². The summed E-state index contributed by atoms with van der Waals surface area (Å²) in [4.78, 5) is 39.8. The van der Waals surface area contributed by atoms with Gasteiger partial charge in [0.1, 0.15) is 0 Å². The molecule has 3 aliphatic rings. The van der Waals surface area contributed by atoms with Gasteiger partial charge in [0.15, 0.2) is 0 Å². The van der Waals surface area contributed by atoms with Crippen LogP contribution in [0.1, 0.15) is 44.9 Å². The number of hydrogen-bond acceptors (Lipinski definition) is 6. The summed E-state index contributed by atoms with van der Waals surface area (Å²) >= 11 is 0. The molecule has 27 heavy (non-hydrogen) atoms. The molecule has 0 radical (unpaired) electrons. The average molecular weight is 371 g/mol. The van der Waals surface area contributed by atoms with E-state index in [1.54, 1.807) is 12.4 Å². The summed E-state index contributed by atoms with van der Waals surface area (Å²) < 4.78 is 0. The Kier molecular flexibility index (Phi) is 5.38. The lowest BCUT2D eigenvalue weighted by atomic mass is 9.76. The lowest BCUT2D eigenvalue weighted by Crippen LogP contribution is -2.49. The van der Waals surface area contributed by atoms with Gasteiger partial charge in [0.25, 0.3) is 0 Å². The summed E-state index contributed by atoms with van der Waals surface area (Å²) in [6.07, 6.45) is 9.99. The van der Waals surface area contributed by atoms with Crippen molar-refractivity contribution in [1.82, 2.24) is 19.8 Å². The molecule has 3 heterocycles. The van der Waals surface area contributed by atoms with E-state index >= 15 is 0 Å². The zero-order chi connectivity index (χ0) is 18.7. The third kappa shape index (κ3) is 4.13. The molecule has 0 bridgehead atoms. The number of carbonyl (C=O) groups excluding carboxylic acids is 2. The maximum absolute atomic E-state index is 12.5. The van der Waals surface area contributed by atoms with E-state index in [0.29, 0.717) is 19.4 Å². The minimum atomic E-state index is 0.000500. The zero-order valence-electron chi connectivity index (χ0n) is 16.0. The molecular weight excluding hydrogens is 342 g/mol. The van der Waals surface area contributed by atoms with Crippen LogP contribution in [0.4, 0.5) is 5.95 Å². The Hall–Kier alpha value is -2.02. The van der Waals surface area contributed by atoms with Crippen molar-refractivity contribution in [2.45, 2.75) is 44.9 Å². The van der Waals surface area contributed by atoms with Gasteiger partial charge in [0.2, 0.25) is 17.8 Å². The predicted octanol–water partition coefficient (Wildman–Crippen LogP) is 1.70. The summed E-state index contributed by atoms with van der Waals surface area (Å²) in [5.74, 6) is 0.904. The number of piperazine rings is 1. The van der Waals surface area contributed by atoms with Crippen molar-refractivity contribution in [1.29, 1.82) is 0 Å². The normalized spacial score (nSPS) is 23.4. The summed E-state index contributed by atoms with van der Waals surface area (Å²) in [5.41, 5.74) is 0.000500. The third-order valence-electron chi connectivity index (χ3n) is 6.38. The molecule has 2 amide bonds. The molecule has 1 spiro atoms. The first-order valence-electron chi connectivity index (χ1n) is 10.2. The van der Waals surface area contributed by atoms with Crippen LogP contribution >= 0.6 is 0 Å². The first kappa shape index (κ1) is 18.3. The Bertz CT molecular complexity index is 646. The minimum absolute atomic E-state index is 0.000500. The molecule has 4 rings (SSSR count). The number of anilines is 1. The third-order valence-corrected chi connectivity index (χ3v) is 6.38. The van der Waals surface area contributed by atoms with Crippen molar-refractivity contribution in [3.8, 4) is 0 Å². The van der Waals surface area contributed by atoms with Gasteiger partial charge in [-0.25, -0.2) is 9.97 Å². The lowest BCUT2D eigenvalue weighted by Gasteiger charge is -2.38. The molecule has 2 saturated heterocycles. The van der Waals surface area contributed by atoms with Crippen molar-refractivity contribution in [2.75, 3.05) is 44.2 Å². The van der Waals surface area contributed by atoms with Gasteiger partial charge in [-0.3, -0.25) is 19.4 Å². The number of likely N-dealkylation sites (tertiary alicyclic amines) is 1. The van der Waals surface area contributed by atoms with Gasteiger partial charge in [0.05, 0.1) is 0 Å². The van der Waals surface area contributed by atoms with E-state index in [2.05, 4.69) is 19.8 Å². The van der Waals surface area contributed by atoms with Crippen LogP contribution in [-0.4, -0.2) is 70.9 Å². The number of carbonyl (C=O) groups is 2. The van der Waals surface area contributed by atoms with Crippen molar-refractivity contribution in [3.05, 3.63) is 18.5 Å². The fourth-order valence-electron chi connectivity index (χ4n) is 4.84. The Labute approximate surface area is 160 Å². The smallest absolute Gasteiger partial charge is 0.229 e. The van der Waals surface area contributed by atoms with Gasteiger partial charge in [-0.15, -0.1) is 0 Å². The quantitative estimate of drug-likeness (QED) is 0.734. The fraction of sp³-hybridized carbons (Fsp3) is 0.700. The molecule has 3 fully saturated rings. The Morgan fingerprint density at radius 1 is 0.889 bits per heavy atom. The van der Waals surface area contributed by atoms with Crippen LogP contribution in [-0.2, 0) is 9.59 Å². The van der Waals surface area contributed by atoms with Gasteiger partial charge in [-0.1, -0.05) is 12.8 Å². The maximum atomic E-state index is 12.5. The van der Waals surface area contributed by atoms with E-state index < -0.39 is 0 Å². The van der Waals surface area contributed by atoms with Crippen LogP contribution in [0.5, 0.6) is 0 Å². The molecule has 1 aliphatic carbocycles. The number of imide groups is 1. The van der Waals surface area contributed by atoms with Crippen LogP contribution in [0.3, 0.4) is 0 Å². The molecule has 7 heteroatoms. The molecule has 7 nitrogen and oxygen atoms in total. The number of rotatable bonds is 5. The first-order valence-corrected chi connectivity index (χ1v) is 10.2. The van der Waals surface area contributed by atoms with E-state index in [4.69, 9.17) is 0 Å². The highest BCUT2D eigenvalue weighted by molar-refractivity contribution is 5.98. The summed E-state index contributed by atoms with van der Waals surface area (Å²) in [5, 5.41) is 0. The van der Waals surface area contributed by atoms with Gasteiger partial charge >= 0.3 is 0 Å². The number of hydrogen-bond donors (Lipinski definition) is 0. The zero-order valence-corrected chi connectivity index (χ0v) is 16.0. The highest BCUT2D eigenvalue weighted by atomic mass is 16.2. The first-order chi connectivity index (χ1) is 13.2. The topological polar surface area (TPSA) is 69.6 Å². The molecular formula is C20H29N5O2. The lowest BCUT2D eigenvalue weighted by molar-refractivity contribution is -0.153. The van der Waals surface area contributed by atoms with Crippen molar-refractivity contribution < 1.29 is 9.59 Å². The summed E-state index contributed by atoms with van der Waals surface area (Å²) in [6.45, 7) is 5.23. The highest BCUT2D eigenvalue weighted by Crippen LogP contribution is 2.46. The molecule has 1 saturated carbocycles. The van der Waals surface area contributed by atoms with Crippen LogP contribution in [0.25, 0.3) is 0 Å². The SMILES string of the molecule is O=C1CC2(CCCC2)CC(=O)N1CCCN1CCN(c2ncccn2)CC1. The number of nitrogens with zero attached hydrogens (tertiary/aromatic N) is 5. The molecule has 1 aromatic rings. The molecule has 0 aromatic carbocycles. The van der Waals surface area contributed by atoms with E-state index in [1.165, 1.54) is 17.7 Å². The Balaban J connectivity index is 1.20. The molecule has 1 aromatic heterocycles. The Morgan fingerprint density at radius 2 is 1.52 bits per heavy atom. The van der Waals surface area contributed by atoms with E-state index in [9.17, 15) is 9.59 Å².